The van der Waals surface area contributed by atoms with Crippen LogP contribution in [0.1, 0.15) is 4.88 Å². The third-order valence-corrected chi connectivity index (χ3v) is 4.23. The minimum atomic E-state index is -0.205. The van der Waals surface area contributed by atoms with Crippen molar-refractivity contribution in [3.63, 3.8) is 0 Å². The molecule has 90 valence electrons. The van der Waals surface area contributed by atoms with Gasteiger partial charge in [-0.3, -0.25) is 4.98 Å². The molecule has 17 heavy (non-hydrogen) atoms. The second-order valence-corrected chi connectivity index (χ2v) is 5.76. The number of thiazole rings is 1. The smallest absolute Gasteiger partial charge is 0.123 e. The molecule has 2 nitrogen and oxygen atoms in total. The summed E-state index contributed by atoms with van der Waals surface area (Å²) in [5.74, 6) is 0.618. The molecule has 1 unspecified atom stereocenters. The molecule has 0 spiro atoms. The Labute approximate surface area is 108 Å². The third-order valence-electron chi connectivity index (χ3n) is 2.22. The molecule has 1 aromatic heterocycles. The average Bonchev–Trinajstić information content (AvgIpc) is 2.81. The molecule has 0 radical (unpaired) electrons. The molecule has 2 aromatic rings. The van der Waals surface area contributed by atoms with E-state index in [1.165, 1.54) is 17.0 Å². The minimum absolute atomic E-state index is 0.102. The Balaban J connectivity index is 1.79. The monoisotopic (exact) mass is 268 g/mol. The standard InChI is InChI=1S/C12H13FN2S2/c13-9-1-3-11(4-2-9)16-7-10(14)5-12-6-15-8-17-12/h1-4,6,8,10H,5,7,14H2. The van der Waals surface area contributed by atoms with E-state index < -0.39 is 0 Å². The summed E-state index contributed by atoms with van der Waals surface area (Å²) in [6.07, 6.45) is 2.70. The van der Waals surface area contributed by atoms with Crippen molar-refractivity contribution in [2.24, 2.45) is 5.73 Å². The fourth-order valence-electron chi connectivity index (χ4n) is 1.39. The average molecular weight is 268 g/mol. The Hall–Kier alpha value is -0.910. The van der Waals surface area contributed by atoms with Crippen molar-refractivity contribution in [2.45, 2.75) is 17.4 Å². The lowest BCUT2D eigenvalue weighted by Crippen LogP contribution is -2.25. The third kappa shape index (κ3) is 4.11. The van der Waals surface area contributed by atoms with Gasteiger partial charge in [0.2, 0.25) is 0 Å². The van der Waals surface area contributed by atoms with Crippen LogP contribution in [-0.2, 0) is 6.42 Å². The quantitative estimate of drug-likeness (QED) is 0.847. The van der Waals surface area contributed by atoms with Crippen molar-refractivity contribution < 1.29 is 4.39 Å². The summed E-state index contributed by atoms with van der Waals surface area (Å²) in [5, 5.41) is 0. The lowest BCUT2D eigenvalue weighted by molar-refractivity contribution is 0.626. The maximum Gasteiger partial charge on any atom is 0.123 e. The fourth-order valence-corrected chi connectivity index (χ4v) is 2.94. The van der Waals surface area contributed by atoms with E-state index in [1.807, 2.05) is 11.7 Å². The number of rotatable bonds is 5. The molecular formula is C12H13FN2S2. The summed E-state index contributed by atoms with van der Waals surface area (Å²) in [5.41, 5.74) is 7.84. The van der Waals surface area contributed by atoms with Gasteiger partial charge in [0.15, 0.2) is 0 Å². The van der Waals surface area contributed by atoms with Crippen LogP contribution in [0.25, 0.3) is 0 Å². The number of aromatic nitrogens is 1. The van der Waals surface area contributed by atoms with Gasteiger partial charge in [-0.2, -0.15) is 0 Å². The van der Waals surface area contributed by atoms with Crippen LogP contribution in [0, 0.1) is 5.82 Å². The summed E-state index contributed by atoms with van der Waals surface area (Å²) in [6.45, 7) is 0. The van der Waals surface area contributed by atoms with Crippen molar-refractivity contribution in [3.05, 3.63) is 46.7 Å². The van der Waals surface area contributed by atoms with Crippen LogP contribution in [0.4, 0.5) is 4.39 Å². The van der Waals surface area contributed by atoms with Crippen molar-refractivity contribution in [1.82, 2.24) is 4.98 Å². The number of benzene rings is 1. The second kappa shape index (κ2) is 6.14. The first kappa shape index (κ1) is 12.5. The summed E-state index contributed by atoms with van der Waals surface area (Å²) in [4.78, 5) is 6.27. The number of thioether (sulfide) groups is 1. The second-order valence-electron chi connectivity index (χ2n) is 3.70. The van der Waals surface area contributed by atoms with E-state index in [4.69, 9.17) is 5.73 Å². The van der Waals surface area contributed by atoms with Gasteiger partial charge in [-0.05, 0) is 30.7 Å². The number of nitrogens with zero attached hydrogens (tertiary/aromatic N) is 1. The summed E-state index contributed by atoms with van der Waals surface area (Å²) >= 11 is 3.28. The highest BCUT2D eigenvalue weighted by molar-refractivity contribution is 7.99. The van der Waals surface area contributed by atoms with Crippen molar-refractivity contribution in [3.8, 4) is 0 Å². The highest BCUT2D eigenvalue weighted by Crippen LogP contribution is 2.20. The number of hydrogen-bond donors (Lipinski definition) is 1. The topological polar surface area (TPSA) is 38.9 Å². The summed E-state index contributed by atoms with van der Waals surface area (Å²) < 4.78 is 12.7. The number of nitrogens with two attached hydrogens (primary N) is 1. The molecule has 0 aliphatic carbocycles. The van der Waals surface area contributed by atoms with Crippen LogP contribution in [-0.4, -0.2) is 16.8 Å². The molecule has 0 amide bonds. The van der Waals surface area contributed by atoms with Gasteiger partial charge in [-0.15, -0.1) is 23.1 Å². The van der Waals surface area contributed by atoms with E-state index in [1.54, 1.807) is 35.2 Å². The lowest BCUT2D eigenvalue weighted by atomic mass is 10.2. The molecule has 0 saturated carbocycles. The fraction of sp³-hybridized carbons (Fsp3) is 0.250. The van der Waals surface area contributed by atoms with E-state index in [-0.39, 0.29) is 11.9 Å². The molecule has 5 heteroatoms. The molecule has 0 fully saturated rings. The highest BCUT2D eigenvalue weighted by Gasteiger charge is 2.06. The number of hydrogen-bond acceptors (Lipinski definition) is 4. The lowest BCUT2D eigenvalue weighted by Gasteiger charge is -2.09. The zero-order valence-electron chi connectivity index (χ0n) is 9.17. The molecule has 2 N–H and O–H groups in total. The Morgan fingerprint density at radius 3 is 2.76 bits per heavy atom. The molecule has 2 rings (SSSR count). The Kier molecular flexibility index (Phi) is 4.53. The Morgan fingerprint density at radius 2 is 2.12 bits per heavy atom. The van der Waals surface area contributed by atoms with Crippen LogP contribution in [0.2, 0.25) is 0 Å². The normalized spacial score (nSPS) is 12.6. The van der Waals surface area contributed by atoms with E-state index >= 15 is 0 Å². The van der Waals surface area contributed by atoms with Gasteiger partial charge in [0, 0.05) is 27.8 Å². The molecule has 0 saturated heterocycles. The van der Waals surface area contributed by atoms with Gasteiger partial charge in [0.1, 0.15) is 5.82 Å². The first-order chi connectivity index (χ1) is 8.24. The summed E-state index contributed by atoms with van der Waals surface area (Å²) in [6, 6.07) is 6.60. The molecule has 0 aliphatic rings. The predicted molar refractivity (Wildman–Crippen MR) is 70.9 cm³/mol. The Bertz CT molecular complexity index is 442. The highest BCUT2D eigenvalue weighted by atomic mass is 32.2. The molecular weight excluding hydrogens is 255 g/mol. The molecule has 0 aliphatic heterocycles. The van der Waals surface area contributed by atoms with Crippen LogP contribution in [0.5, 0.6) is 0 Å². The van der Waals surface area contributed by atoms with Crippen molar-refractivity contribution in [1.29, 1.82) is 0 Å². The maximum atomic E-state index is 12.7. The van der Waals surface area contributed by atoms with Crippen LogP contribution in [0.15, 0.2) is 40.9 Å². The van der Waals surface area contributed by atoms with Crippen molar-refractivity contribution in [2.75, 3.05) is 5.75 Å². The first-order valence-electron chi connectivity index (χ1n) is 5.25. The van der Waals surface area contributed by atoms with Gasteiger partial charge in [0.25, 0.3) is 0 Å². The number of halogens is 1. The molecule has 1 aromatic carbocycles. The summed E-state index contributed by atoms with van der Waals surface area (Å²) in [7, 11) is 0. The maximum absolute atomic E-state index is 12.7. The molecule has 1 atom stereocenters. The van der Waals surface area contributed by atoms with Gasteiger partial charge >= 0.3 is 0 Å². The van der Waals surface area contributed by atoms with E-state index in [2.05, 4.69) is 4.98 Å². The van der Waals surface area contributed by atoms with Gasteiger partial charge < -0.3 is 5.73 Å². The van der Waals surface area contributed by atoms with Gasteiger partial charge in [-0.25, -0.2) is 4.39 Å². The van der Waals surface area contributed by atoms with E-state index in [9.17, 15) is 4.39 Å². The van der Waals surface area contributed by atoms with Gasteiger partial charge in [-0.1, -0.05) is 0 Å². The Morgan fingerprint density at radius 1 is 1.35 bits per heavy atom. The zero-order valence-corrected chi connectivity index (χ0v) is 10.8. The molecule has 1 heterocycles. The van der Waals surface area contributed by atoms with Crippen LogP contribution < -0.4 is 5.73 Å². The van der Waals surface area contributed by atoms with Crippen molar-refractivity contribution >= 4 is 23.1 Å². The SMILES string of the molecule is NC(CSc1ccc(F)cc1)Cc1cncs1. The van der Waals surface area contributed by atoms with Gasteiger partial charge in [0.05, 0.1) is 5.51 Å². The largest absolute Gasteiger partial charge is 0.327 e. The van der Waals surface area contributed by atoms with E-state index in [0.717, 1.165) is 17.1 Å². The predicted octanol–water partition coefficient (Wildman–Crippen LogP) is 2.94. The van der Waals surface area contributed by atoms with Crippen LogP contribution in [0.3, 0.4) is 0 Å². The van der Waals surface area contributed by atoms with Crippen LogP contribution >= 0.6 is 23.1 Å². The first-order valence-corrected chi connectivity index (χ1v) is 7.12. The molecule has 0 bridgehead atoms. The zero-order chi connectivity index (χ0) is 12.1. The minimum Gasteiger partial charge on any atom is -0.327 e. The van der Waals surface area contributed by atoms with E-state index in [0.29, 0.717) is 0 Å².